The normalized spacial score (nSPS) is 10.9. The van der Waals surface area contributed by atoms with E-state index in [0.29, 0.717) is 0 Å². The summed E-state index contributed by atoms with van der Waals surface area (Å²) >= 11 is 0. The van der Waals surface area contributed by atoms with Gasteiger partial charge in [0.25, 0.3) is 0 Å². The van der Waals surface area contributed by atoms with Crippen LogP contribution in [-0.2, 0) is 13.1 Å². The summed E-state index contributed by atoms with van der Waals surface area (Å²) in [6.45, 7) is 8.22. The lowest BCUT2D eigenvalue weighted by Gasteiger charge is -2.09. The summed E-state index contributed by atoms with van der Waals surface area (Å²) < 4.78 is 2.04. The van der Waals surface area contributed by atoms with Crippen molar-refractivity contribution in [1.29, 1.82) is 0 Å². The summed E-state index contributed by atoms with van der Waals surface area (Å²) in [5.41, 5.74) is 6.38. The van der Waals surface area contributed by atoms with Crippen LogP contribution in [0.3, 0.4) is 0 Å². The maximum absolute atomic E-state index is 4.43. The summed E-state index contributed by atoms with van der Waals surface area (Å²) in [4.78, 5) is 0. The molecule has 0 unspecified atom stereocenters. The number of benzene rings is 1. The zero-order valence-electron chi connectivity index (χ0n) is 11.6. The predicted octanol–water partition coefficient (Wildman–Crippen LogP) is 2.91. The second-order valence-electron chi connectivity index (χ2n) is 4.64. The molecule has 1 aromatic carbocycles. The van der Waals surface area contributed by atoms with Gasteiger partial charge in [-0.2, -0.15) is 5.10 Å². The van der Waals surface area contributed by atoms with Crippen LogP contribution in [-0.4, -0.2) is 16.8 Å². The first-order valence-corrected chi connectivity index (χ1v) is 6.44. The quantitative estimate of drug-likeness (QED) is 0.895. The molecule has 3 nitrogen and oxygen atoms in total. The van der Waals surface area contributed by atoms with E-state index in [1.165, 1.54) is 27.9 Å². The topological polar surface area (TPSA) is 29.9 Å². The number of rotatable bonds is 4. The summed E-state index contributed by atoms with van der Waals surface area (Å²) in [6.07, 6.45) is 1.98. The molecule has 3 heteroatoms. The standard InChI is InChI=1S/C15H21N3/c1-5-18-12(3)15(10-17-18)14-8-13(9-16-4)7-6-11(14)2/h6-8,10,16H,5,9H2,1-4H3. The maximum atomic E-state index is 4.43. The van der Waals surface area contributed by atoms with Crippen LogP contribution in [0, 0.1) is 13.8 Å². The SMILES string of the molecule is CCn1ncc(-c2cc(CNC)ccc2C)c1C. The van der Waals surface area contributed by atoms with Crippen molar-refractivity contribution in [3.05, 3.63) is 41.2 Å². The number of nitrogens with zero attached hydrogens (tertiary/aromatic N) is 2. The molecule has 0 aliphatic rings. The van der Waals surface area contributed by atoms with Crippen molar-refractivity contribution in [2.24, 2.45) is 0 Å². The third kappa shape index (κ3) is 2.31. The second kappa shape index (κ2) is 5.36. The minimum absolute atomic E-state index is 0.897. The fourth-order valence-electron chi connectivity index (χ4n) is 2.30. The highest BCUT2D eigenvalue weighted by Crippen LogP contribution is 2.27. The smallest absolute Gasteiger partial charge is 0.0571 e. The van der Waals surface area contributed by atoms with Gasteiger partial charge in [0.1, 0.15) is 0 Å². The molecule has 96 valence electrons. The number of aromatic nitrogens is 2. The minimum atomic E-state index is 0.897. The van der Waals surface area contributed by atoms with Gasteiger partial charge in [-0.25, -0.2) is 0 Å². The van der Waals surface area contributed by atoms with E-state index in [9.17, 15) is 0 Å². The summed E-state index contributed by atoms with van der Waals surface area (Å²) in [6, 6.07) is 6.62. The Kier molecular flexibility index (Phi) is 3.82. The molecular weight excluding hydrogens is 222 g/mol. The molecule has 1 N–H and O–H groups in total. The molecule has 1 aromatic heterocycles. The summed E-state index contributed by atoms with van der Waals surface area (Å²) in [7, 11) is 1.97. The molecule has 2 aromatic rings. The zero-order chi connectivity index (χ0) is 13.1. The molecule has 2 rings (SSSR count). The highest BCUT2D eigenvalue weighted by atomic mass is 15.3. The maximum Gasteiger partial charge on any atom is 0.0571 e. The average molecular weight is 243 g/mol. The molecule has 0 saturated carbocycles. The van der Waals surface area contributed by atoms with E-state index in [0.717, 1.165) is 13.1 Å². The predicted molar refractivity (Wildman–Crippen MR) is 75.6 cm³/mol. The fraction of sp³-hybridized carbons (Fsp3) is 0.400. The Morgan fingerprint density at radius 1 is 1.22 bits per heavy atom. The fourth-order valence-corrected chi connectivity index (χ4v) is 2.30. The monoisotopic (exact) mass is 243 g/mol. The van der Waals surface area contributed by atoms with Crippen molar-refractivity contribution < 1.29 is 0 Å². The highest BCUT2D eigenvalue weighted by molar-refractivity contribution is 5.69. The van der Waals surface area contributed by atoms with Gasteiger partial charge >= 0.3 is 0 Å². The van der Waals surface area contributed by atoms with Gasteiger partial charge in [-0.3, -0.25) is 4.68 Å². The van der Waals surface area contributed by atoms with Gasteiger partial charge in [0.05, 0.1) is 6.20 Å². The van der Waals surface area contributed by atoms with E-state index < -0.39 is 0 Å². The van der Waals surface area contributed by atoms with Gasteiger partial charge in [0.15, 0.2) is 0 Å². The van der Waals surface area contributed by atoms with Crippen LogP contribution >= 0.6 is 0 Å². The van der Waals surface area contributed by atoms with Crippen molar-refractivity contribution in [2.75, 3.05) is 7.05 Å². The molecule has 18 heavy (non-hydrogen) atoms. The summed E-state index contributed by atoms with van der Waals surface area (Å²) in [5, 5.41) is 7.62. The molecule has 0 saturated heterocycles. The first-order valence-electron chi connectivity index (χ1n) is 6.44. The molecule has 0 amide bonds. The van der Waals surface area contributed by atoms with Crippen molar-refractivity contribution in [3.63, 3.8) is 0 Å². The zero-order valence-corrected chi connectivity index (χ0v) is 11.6. The highest BCUT2D eigenvalue weighted by Gasteiger charge is 2.10. The van der Waals surface area contributed by atoms with E-state index in [2.05, 4.69) is 49.4 Å². The Hall–Kier alpha value is -1.61. The van der Waals surface area contributed by atoms with Crippen LogP contribution in [0.4, 0.5) is 0 Å². The van der Waals surface area contributed by atoms with Crippen molar-refractivity contribution in [1.82, 2.24) is 15.1 Å². The number of hydrogen-bond donors (Lipinski definition) is 1. The molecule has 0 bridgehead atoms. The van der Waals surface area contributed by atoms with Crippen LogP contribution in [0.1, 0.15) is 23.7 Å². The Labute approximate surface area is 109 Å². The number of hydrogen-bond acceptors (Lipinski definition) is 2. The molecule has 0 fully saturated rings. The Balaban J connectivity index is 2.48. The van der Waals surface area contributed by atoms with Crippen LogP contribution in [0.2, 0.25) is 0 Å². The Morgan fingerprint density at radius 2 is 2.00 bits per heavy atom. The van der Waals surface area contributed by atoms with Gasteiger partial charge in [-0.15, -0.1) is 0 Å². The van der Waals surface area contributed by atoms with Crippen LogP contribution in [0.5, 0.6) is 0 Å². The first kappa shape index (κ1) is 12.8. The van der Waals surface area contributed by atoms with E-state index in [1.807, 2.05) is 17.9 Å². The Morgan fingerprint density at radius 3 is 2.61 bits per heavy atom. The number of aryl methyl sites for hydroxylation is 2. The van der Waals surface area contributed by atoms with Crippen molar-refractivity contribution >= 4 is 0 Å². The minimum Gasteiger partial charge on any atom is -0.316 e. The van der Waals surface area contributed by atoms with E-state index in [-0.39, 0.29) is 0 Å². The van der Waals surface area contributed by atoms with Crippen LogP contribution < -0.4 is 5.32 Å². The van der Waals surface area contributed by atoms with Gasteiger partial charge < -0.3 is 5.32 Å². The third-order valence-electron chi connectivity index (χ3n) is 3.38. The van der Waals surface area contributed by atoms with Crippen molar-refractivity contribution in [3.8, 4) is 11.1 Å². The molecule has 1 heterocycles. The van der Waals surface area contributed by atoms with Crippen LogP contribution in [0.25, 0.3) is 11.1 Å². The molecule has 0 atom stereocenters. The van der Waals surface area contributed by atoms with Gasteiger partial charge in [0.2, 0.25) is 0 Å². The van der Waals surface area contributed by atoms with E-state index >= 15 is 0 Å². The summed E-state index contributed by atoms with van der Waals surface area (Å²) in [5.74, 6) is 0. The number of nitrogens with one attached hydrogen (secondary N) is 1. The molecule has 0 aliphatic heterocycles. The van der Waals surface area contributed by atoms with Gasteiger partial charge in [0, 0.05) is 24.3 Å². The third-order valence-corrected chi connectivity index (χ3v) is 3.38. The lowest BCUT2D eigenvalue weighted by molar-refractivity contribution is 0.640. The largest absolute Gasteiger partial charge is 0.316 e. The first-order chi connectivity index (χ1) is 8.67. The van der Waals surface area contributed by atoms with Gasteiger partial charge in [-0.05, 0) is 50.6 Å². The molecule has 0 radical (unpaired) electrons. The second-order valence-corrected chi connectivity index (χ2v) is 4.64. The van der Waals surface area contributed by atoms with Gasteiger partial charge in [-0.1, -0.05) is 12.1 Å². The average Bonchev–Trinajstić information content (AvgIpc) is 2.73. The lowest BCUT2D eigenvalue weighted by atomic mass is 9.98. The molecule has 0 spiro atoms. The molecular formula is C15H21N3. The Bertz CT molecular complexity index is 541. The van der Waals surface area contributed by atoms with Crippen molar-refractivity contribution in [2.45, 2.75) is 33.9 Å². The van der Waals surface area contributed by atoms with E-state index in [4.69, 9.17) is 0 Å². The van der Waals surface area contributed by atoms with Crippen LogP contribution in [0.15, 0.2) is 24.4 Å². The van der Waals surface area contributed by atoms with E-state index in [1.54, 1.807) is 0 Å². The lowest BCUT2D eigenvalue weighted by Crippen LogP contribution is -2.05. The molecule has 0 aliphatic carbocycles.